The minimum Gasteiger partial charge on any atom is -0.493 e. The Labute approximate surface area is 131 Å². The lowest BCUT2D eigenvalue weighted by atomic mass is 10.1. The molecule has 0 aliphatic rings. The maximum absolute atomic E-state index is 12.7. The van der Waals surface area contributed by atoms with Crippen molar-refractivity contribution in [1.82, 2.24) is 9.97 Å². The maximum Gasteiger partial charge on any atom is 0.388 e. The Morgan fingerprint density at radius 1 is 1.00 bits per heavy atom. The van der Waals surface area contributed by atoms with E-state index in [2.05, 4.69) is 14.7 Å². The van der Waals surface area contributed by atoms with Crippen LogP contribution in [0.5, 0.6) is 11.6 Å². The first kappa shape index (κ1) is 15.1. The Morgan fingerprint density at radius 2 is 1.74 bits per heavy atom. The average Bonchev–Trinajstić information content (AvgIpc) is 2.55. The highest BCUT2D eigenvalue weighted by Gasteiger charge is 2.16. The second-order valence-corrected chi connectivity index (χ2v) is 4.68. The van der Waals surface area contributed by atoms with Gasteiger partial charge in [0, 0.05) is 0 Å². The number of aromatic nitrogens is 2. The van der Waals surface area contributed by atoms with E-state index < -0.39 is 6.61 Å². The van der Waals surface area contributed by atoms with E-state index in [1.165, 1.54) is 0 Å². The van der Waals surface area contributed by atoms with Crippen LogP contribution in [0.4, 0.5) is 8.78 Å². The van der Waals surface area contributed by atoms with Gasteiger partial charge in [-0.05, 0) is 31.2 Å². The molecule has 4 nitrogen and oxygen atoms in total. The summed E-state index contributed by atoms with van der Waals surface area (Å²) in [5.74, 6) is 0.726. The van der Waals surface area contributed by atoms with Gasteiger partial charge in [-0.2, -0.15) is 13.8 Å². The molecule has 23 heavy (non-hydrogen) atoms. The second kappa shape index (κ2) is 6.56. The number of benzene rings is 2. The third-order valence-corrected chi connectivity index (χ3v) is 3.20. The van der Waals surface area contributed by atoms with Crippen molar-refractivity contribution in [2.75, 3.05) is 6.61 Å². The maximum atomic E-state index is 12.7. The first-order valence-corrected chi connectivity index (χ1v) is 7.13. The molecule has 0 aliphatic heterocycles. The molecule has 0 amide bonds. The van der Waals surface area contributed by atoms with Gasteiger partial charge >= 0.3 is 6.61 Å². The molecule has 1 heterocycles. The number of halogens is 2. The standard InChI is InChI=1S/C17H14F2N2O2/c1-2-22-14-10-6-4-8-12(14)15-20-13-9-5-3-7-11(13)16(21-15)23-17(18)19/h3-10,17H,2H2,1H3. The molecule has 0 saturated carbocycles. The number of fused-ring (bicyclic) bond motifs is 1. The fourth-order valence-electron chi connectivity index (χ4n) is 2.27. The van der Waals surface area contributed by atoms with Gasteiger partial charge in [0.2, 0.25) is 5.88 Å². The zero-order chi connectivity index (χ0) is 16.2. The summed E-state index contributed by atoms with van der Waals surface area (Å²) in [6, 6.07) is 14.1. The summed E-state index contributed by atoms with van der Waals surface area (Å²) in [5.41, 5.74) is 1.15. The van der Waals surface area contributed by atoms with Gasteiger partial charge in [0.05, 0.1) is 23.1 Å². The topological polar surface area (TPSA) is 44.2 Å². The van der Waals surface area contributed by atoms with Gasteiger partial charge in [-0.15, -0.1) is 0 Å². The summed E-state index contributed by atoms with van der Waals surface area (Å²) >= 11 is 0. The van der Waals surface area contributed by atoms with Crippen LogP contribution in [0.15, 0.2) is 48.5 Å². The Morgan fingerprint density at radius 3 is 2.52 bits per heavy atom. The first-order valence-electron chi connectivity index (χ1n) is 7.13. The lowest BCUT2D eigenvalue weighted by Gasteiger charge is -2.12. The van der Waals surface area contributed by atoms with Crippen LogP contribution in [0.3, 0.4) is 0 Å². The van der Waals surface area contributed by atoms with Gasteiger partial charge in [-0.1, -0.05) is 24.3 Å². The van der Waals surface area contributed by atoms with Gasteiger partial charge in [0.15, 0.2) is 5.82 Å². The fourth-order valence-corrected chi connectivity index (χ4v) is 2.27. The molecule has 3 rings (SSSR count). The molecule has 0 N–H and O–H groups in total. The summed E-state index contributed by atoms with van der Waals surface area (Å²) in [4.78, 5) is 8.60. The number of alkyl halides is 2. The van der Waals surface area contributed by atoms with Crippen molar-refractivity contribution >= 4 is 10.9 Å². The van der Waals surface area contributed by atoms with E-state index >= 15 is 0 Å². The zero-order valence-electron chi connectivity index (χ0n) is 12.4. The lowest BCUT2D eigenvalue weighted by Crippen LogP contribution is -2.06. The Bertz CT molecular complexity index is 825. The molecule has 0 fully saturated rings. The molecule has 2 aromatic carbocycles. The highest BCUT2D eigenvalue weighted by molar-refractivity contribution is 5.85. The van der Waals surface area contributed by atoms with Crippen molar-refractivity contribution in [1.29, 1.82) is 0 Å². The van der Waals surface area contributed by atoms with E-state index in [0.29, 0.717) is 28.8 Å². The van der Waals surface area contributed by atoms with Gasteiger partial charge in [0.1, 0.15) is 5.75 Å². The molecular weight excluding hydrogens is 302 g/mol. The average molecular weight is 316 g/mol. The third kappa shape index (κ3) is 3.21. The number of rotatable bonds is 5. The van der Waals surface area contributed by atoms with E-state index in [0.717, 1.165) is 0 Å². The van der Waals surface area contributed by atoms with Crippen molar-refractivity contribution in [2.24, 2.45) is 0 Å². The zero-order valence-corrected chi connectivity index (χ0v) is 12.4. The van der Waals surface area contributed by atoms with Gasteiger partial charge in [0.25, 0.3) is 0 Å². The van der Waals surface area contributed by atoms with Gasteiger partial charge in [-0.25, -0.2) is 4.98 Å². The molecule has 0 bridgehead atoms. The minimum atomic E-state index is -2.96. The number of hydrogen-bond acceptors (Lipinski definition) is 4. The summed E-state index contributed by atoms with van der Waals surface area (Å²) in [7, 11) is 0. The molecule has 0 unspecified atom stereocenters. The molecule has 118 valence electrons. The van der Waals surface area contributed by atoms with Crippen molar-refractivity contribution in [3.05, 3.63) is 48.5 Å². The number of para-hydroxylation sites is 2. The highest BCUT2D eigenvalue weighted by atomic mass is 19.3. The van der Waals surface area contributed by atoms with E-state index in [4.69, 9.17) is 4.74 Å². The Hall–Kier alpha value is -2.76. The van der Waals surface area contributed by atoms with Crippen molar-refractivity contribution in [2.45, 2.75) is 13.5 Å². The third-order valence-electron chi connectivity index (χ3n) is 3.20. The van der Waals surface area contributed by atoms with Crippen LogP contribution in [-0.4, -0.2) is 23.2 Å². The number of hydrogen-bond donors (Lipinski definition) is 0. The quantitative estimate of drug-likeness (QED) is 0.704. The predicted molar refractivity (Wildman–Crippen MR) is 82.8 cm³/mol. The van der Waals surface area contributed by atoms with Crippen LogP contribution >= 0.6 is 0 Å². The van der Waals surface area contributed by atoms with Crippen LogP contribution in [0.25, 0.3) is 22.3 Å². The Kier molecular flexibility index (Phi) is 4.32. The molecule has 1 aromatic heterocycles. The molecule has 3 aromatic rings. The second-order valence-electron chi connectivity index (χ2n) is 4.68. The molecule has 0 saturated heterocycles. The molecule has 0 aliphatic carbocycles. The van der Waals surface area contributed by atoms with Crippen LogP contribution in [0, 0.1) is 0 Å². The highest BCUT2D eigenvalue weighted by Crippen LogP contribution is 2.32. The fraction of sp³-hybridized carbons (Fsp3) is 0.176. The van der Waals surface area contributed by atoms with Crippen LogP contribution < -0.4 is 9.47 Å². The summed E-state index contributed by atoms with van der Waals surface area (Å²) < 4.78 is 35.5. The van der Waals surface area contributed by atoms with Crippen molar-refractivity contribution in [3.63, 3.8) is 0 Å². The number of ether oxygens (including phenoxy) is 2. The molecule has 0 atom stereocenters. The summed E-state index contributed by atoms with van der Waals surface area (Å²) in [6.45, 7) is -0.614. The minimum absolute atomic E-state index is 0.146. The molecule has 0 spiro atoms. The summed E-state index contributed by atoms with van der Waals surface area (Å²) in [6.07, 6.45) is 0. The van der Waals surface area contributed by atoms with E-state index in [9.17, 15) is 8.78 Å². The normalized spacial score (nSPS) is 11.0. The first-order chi connectivity index (χ1) is 11.2. The van der Waals surface area contributed by atoms with Crippen LogP contribution in [-0.2, 0) is 0 Å². The molecular formula is C17H14F2N2O2. The number of nitrogens with zero attached hydrogens (tertiary/aromatic N) is 2. The van der Waals surface area contributed by atoms with Gasteiger partial charge < -0.3 is 9.47 Å². The molecule has 6 heteroatoms. The largest absolute Gasteiger partial charge is 0.493 e. The smallest absolute Gasteiger partial charge is 0.388 e. The van der Waals surface area contributed by atoms with Crippen LogP contribution in [0.2, 0.25) is 0 Å². The molecule has 0 radical (unpaired) electrons. The van der Waals surface area contributed by atoms with Crippen LogP contribution in [0.1, 0.15) is 6.92 Å². The van der Waals surface area contributed by atoms with E-state index in [1.54, 1.807) is 36.4 Å². The SMILES string of the molecule is CCOc1ccccc1-c1nc(OC(F)F)c2ccccc2n1. The monoisotopic (exact) mass is 316 g/mol. The van der Waals surface area contributed by atoms with Gasteiger partial charge in [-0.3, -0.25) is 0 Å². The van der Waals surface area contributed by atoms with E-state index in [1.807, 2.05) is 19.1 Å². The van der Waals surface area contributed by atoms with E-state index in [-0.39, 0.29) is 11.7 Å². The summed E-state index contributed by atoms with van der Waals surface area (Å²) in [5, 5.41) is 0.436. The van der Waals surface area contributed by atoms with Crippen molar-refractivity contribution in [3.8, 4) is 23.0 Å². The predicted octanol–water partition coefficient (Wildman–Crippen LogP) is 4.30. The lowest BCUT2D eigenvalue weighted by molar-refractivity contribution is -0.0516. The Balaban J connectivity index is 2.18. The van der Waals surface area contributed by atoms with Crippen molar-refractivity contribution < 1.29 is 18.3 Å².